The fourth-order valence-electron chi connectivity index (χ4n) is 1.46. The molecule has 2 heterocycles. The molecule has 6 nitrogen and oxygen atoms in total. The largest absolute Gasteiger partial charge is 0.478 e. The summed E-state index contributed by atoms with van der Waals surface area (Å²) in [5.41, 5.74) is -0.0147. The minimum absolute atomic E-state index is 0.0559. The SMILES string of the molecule is Cc1nsc(NC(=O)c2cc(F)cnc2Cl)c1C(=O)O. The van der Waals surface area contributed by atoms with Gasteiger partial charge in [-0.1, -0.05) is 11.6 Å². The molecule has 2 aromatic heterocycles. The average Bonchev–Trinajstić information content (AvgIpc) is 2.73. The van der Waals surface area contributed by atoms with Crippen LogP contribution in [0.4, 0.5) is 9.39 Å². The summed E-state index contributed by atoms with van der Waals surface area (Å²) in [6.07, 6.45) is 0.874. The van der Waals surface area contributed by atoms with Crippen LogP contribution in [0.15, 0.2) is 12.3 Å². The number of pyridine rings is 1. The molecule has 0 saturated carbocycles. The Morgan fingerprint density at radius 2 is 2.20 bits per heavy atom. The van der Waals surface area contributed by atoms with Crippen LogP contribution in [0, 0.1) is 12.7 Å². The van der Waals surface area contributed by atoms with Gasteiger partial charge in [0.05, 0.1) is 17.5 Å². The van der Waals surface area contributed by atoms with E-state index in [2.05, 4.69) is 14.7 Å². The number of nitrogens with zero attached hydrogens (tertiary/aromatic N) is 2. The Labute approximate surface area is 121 Å². The van der Waals surface area contributed by atoms with Gasteiger partial charge in [-0.3, -0.25) is 4.79 Å². The van der Waals surface area contributed by atoms with Gasteiger partial charge in [-0.25, -0.2) is 14.2 Å². The smallest absolute Gasteiger partial charge is 0.340 e. The monoisotopic (exact) mass is 315 g/mol. The molecular formula is C11H7ClFN3O3S. The highest BCUT2D eigenvalue weighted by molar-refractivity contribution is 7.11. The van der Waals surface area contributed by atoms with Gasteiger partial charge in [0.25, 0.3) is 5.91 Å². The number of hydrogen-bond acceptors (Lipinski definition) is 5. The molecule has 0 fully saturated rings. The minimum atomic E-state index is -1.21. The predicted octanol–water partition coefficient (Wildman–Crippen LogP) is 2.59. The van der Waals surface area contributed by atoms with E-state index in [0.29, 0.717) is 0 Å². The lowest BCUT2D eigenvalue weighted by atomic mass is 10.2. The Morgan fingerprint density at radius 1 is 1.50 bits per heavy atom. The van der Waals surface area contributed by atoms with Gasteiger partial charge in [0, 0.05) is 0 Å². The summed E-state index contributed by atoms with van der Waals surface area (Å²) in [7, 11) is 0. The highest BCUT2D eigenvalue weighted by Crippen LogP contribution is 2.25. The fourth-order valence-corrected chi connectivity index (χ4v) is 2.43. The number of carboxylic acid groups (broad SMARTS) is 1. The van der Waals surface area contributed by atoms with E-state index in [0.717, 1.165) is 23.8 Å². The highest BCUT2D eigenvalue weighted by Gasteiger charge is 2.21. The number of hydrogen-bond donors (Lipinski definition) is 2. The molecule has 0 saturated heterocycles. The molecule has 2 aromatic rings. The van der Waals surface area contributed by atoms with Crippen molar-refractivity contribution in [3.05, 3.63) is 40.1 Å². The molecule has 0 spiro atoms. The Balaban J connectivity index is 2.33. The normalized spacial score (nSPS) is 10.3. The Bertz CT molecular complexity index is 704. The van der Waals surface area contributed by atoms with E-state index in [-0.39, 0.29) is 27.0 Å². The molecule has 0 atom stereocenters. The molecule has 0 aliphatic carbocycles. The molecule has 0 unspecified atom stereocenters. The predicted molar refractivity (Wildman–Crippen MR) is 71.0 cm³/mol. The molecule has 0 bridgehead atoms. The number of aromatic nitrogens is 2. The minimum Gasteiger partial charge on any atom is -0.478 e. The van der Waals surface area contributed by atoms with Crippen molar-refractivity contribution >= 4 is 40.0 Å². The number of anilines is 1. The zero-order valence-corrected chi connectivity index (χ0v) is 11.5. The van der Waals surface area contributed by atoms with E-state index < -0.39 is 17.7 Å². The lowest BCUT2D eigenvalue weighted by Crippen LogP contribution is -2.14. The van der Waals surface area contributed by atoms with Gasteiger partial charge < -0.3 is 10.4 Å². The summed E-state index contributed by atoms with van der Waals surface area (Å²) in [5, 5.41) is 11.3. The van der Waals surface area contributed by atoms with E-state index in [4.69, 9.17) is 16.7 Å². The van der Waals surface area contributed by atoms with Crippen LogP contribution in [-0.2, 0) is 0 Å². The average molecular weight is 316 g/mol. The summed E-state index contributed by atoms with van der Waals surface area (Å²) >= 11 is 6.52. The van der Waals surface area contributed by atoms with E-state index in [1.165, 1.54) is 6.92 Å². The van der Waals surface area contributed by atoms with E-state index in [1.54, 1.807) is 0 Å². The van der Waals surface area contributed by atoms with Crippen LogP contribution >= 0.6 is 23.1 Å². The zero-order valence-electron chi connectivity index (χ0n) is 9.98. The van der Waals surface area contributed by atoms with E-state index in [9.17, 15) is 14.0 Å². The Hall–Kier alpha value is -2.06. The molecular weight excluding hydrogens is 309 g/mol. The van der Waals surface area contributed by atoms with Crippen LogP contribution in [0.5, 0.6) is 0 Å². The third kappa shape index (κ3) is 2.75. The summed E-state index contributed by atoms with van der Waals surface area (Å²) in [4.78, 5) is 26.5. The molecule has 9 heteroatoms. The lowest BCUT2D eigenvalue weighted by Gasteiger charge is -2.05. The van der Waals surface area contributed by atoms with Crippen molar-refractivity contribution in [3.63, 3.8) is 0 Å². The van der Waals surface area contributed by atoms with Crippen molar-refractivity contribution in [3.8, 4) is 0 Å². The van der Waals surface area contributed by atoms with Crippen molar-refractivity contribution in [2.24, 2.45) is 0 Å². The molecule has 0 aliphatic rings. The number of aryl methyl sites for hydroxylation is 1. The highest BCUT2D eigenvalue weighted by atomic mass is 35.5. The molecule has 2 rings (SSSR count). The fraction of sp³-hybridized carbons (Fsp3) is 0.0909. The van der Waals surface area contributed by atoms with Crippen LogP contribution in [0.3, 0.4) is 0 Å². The topological polar surface area (TPSA) is 92.2 Å². The second-order valence-electron chi connectivity index (χ2n) is 3.72. The first-order valence-corrected chi connectivity index (χ1v) is 6.37. The number of amides is 1. The second-order valence-corrected chi connectivity index (χ2v) is 4.85. The molecule has 0 aliphatic heterocycles. The van der Waals surface area contributed by atoms with Gasteiger partial charge >= 0.3 is 5.97 Å². The van der Waals surface area contributed by atoms with Gasteiger partial charge in [-0.15, -0.1) is 0 Å². The number of halogens is 2. The lowest BCUT2D eigenvalue weighted by molar-refractivity contribution is 0.0697. The maximum absolute atomic E-state index is 13.1. The first-order valence-electron chi connectivity index (χ1n) is 5.22. The van der Waals surface area contributed by atoms with Crippen molar-refractivity contribution < 1.29 is 19.1 Å². The summed E-state index contributed by atoms with van der Waals surface area (Å²) in [5.74, 6) is -2.69. The number of rotatable bonds is 3. The number of aromatic carboxylic acids is 1. The first kappa shape index (κ1) is 14.4. The number of carboxylic acids is 1. The standard InChI is InChI=1S/C11H7ClFN3O3S/c1-4-7(11(18)19)10(20-16-4)15-9(17)6-2-5(13)3-14-8(6)12/h2-3H,1H3,(H,15,17)(H,18,19). The second kappa shape index (κ2) is 5.51. The van der Waals surface area contributed by atoms with Crippen molar-refractivity contribution in [1.82, 2.24) is 9.36 Å². The summed E-state index contributed by atoms with van der Waals surface area (Å²) in [6.45, 7) is 1.51. The van der Waals surface area contributed by atoms with E-state index >= 15 is 0 Å². The van der Waals surface area contributed by atoms with Gasteiger partial charge in [0.1, 0.15) is 21.5 Å². The maximum atomic E-state index is 13.1. The third-order valence-electron chi connectivity index (χ3n) is 2.35. The zero-order chi connectivity index (χ0) is 14.9. The number of carbonyl (C=O) groups is 2. The summed E-state index contributed by atoms with van der Waals surface area (Å²) < 4.78 is 16.9. The van der Waals surface area contributed by atoms with Gasteiger partial charge in [-0.05, 0) is 24.5 Å². The van der Waals surface area contributed by atoms with Gasteiger partial charge in [-0.2, -0.15) is 4.37 Å². The Morgan fingerprint density at radius 3 is 2.85 bits per heavy atom. The van der Waals surface area contributed by atoms with Gasteiger partial charge in [0.2, 0.25) is 0 Å². The van der Waals surface area contributed by atoms with E-state index in [1.807, 2.05) is 0 Å². The van der Waals surface area contributed by atoms with Crippen LogP contribution in [0.25, 0.3) is 0 Å². The number of carbonyl (C=O) groups excluding carboxylic acids is 1. The van der Waals surface area contributed by atoms with Crippen LogP contribution in [0.2, 0.25) is 5.15 Å². The van der Waals surface area contributed by atoms with Crippen LogP contribution < -0.4 is 5.32 Å². The summed E-state index contributed by atoms with van der Waals surface area (Å²) in [6, 6.07) is 0.916. The molecule has 0 aromatic carbocycles. The first-order chi connectivity index (χ1) is 9.40. The molecule has 2 N–H and O–H groups in total. The molecule has 104 valence electrons. The molecule has 20 heavy (non-hydrogen) atoms. The van der Waals surface area contributed by atoms with Crippen LogP contribution in [0.1, 0.15) is 26.4 Å². The molecule has 0 radical (unpaired) electrons. The van der Waals surface area contributed by atoms with Crippen molar-refractivity contribution in [2.45, 2.75) is 6.92 Å². The van der Waals surface area contributed by atoms with Crippen LogP contribution in [-0.4, -0.2) is 26.3 Å². The Kier molecular flexibility index (Phi) is 3.96. The van der Waals surface area contributed by atoms with Crippen molar-refractivity contribution in [1.29, 1.82) is 0 Å². The number of nitrogens with one attached hydrogen (secondary N) is 1. The maximum Gasteiger partial charge on any atom is 0.340 e. The molecule has 1 amide bonds. The third-order valence-corrected chi connectivity index (χ3v) is 3.51. The van der Waals surface area contributed by atoms with Crippen molar-refractivity contribution in [2.75, 3.05) is 5.32 Å². The van der Waals surface area contributed by atoms with Gasteiger partial charge in [0.15, 0.2) is 0 Å². The quantitative estimate of drug-likeness (QED) is 0.849.